The molecule has 130 valence electrons. The number of thioether (sulfide) groups is 1. The molecule has 2 aromatic rings. The Morgan fingerprint density at radius 3 is 2.96 bits per heavy atom. The third kappa shape index (κ3) is 5.19. The van der Waals surface area contributed by atoms with Crippen molar-refractivity contribution >= 4 is 34.8 Å². The minimum Gasteiger partial charge on any atom is -0.464 e. The number of aromatic amines is 1. The van der Waals surface area contributed by atoms with E-state index in [4.69, 9.17) is 4.74 Å². The summed E-state index contributed by atoms with van der Waals surface area (Å²) < 4.78 is 4.85. The van der Waals surface area contributed by atoms with Crippen molar-refractivity contribution in [3.05, 3.63) is 12.7 Å². The summed E-state index contributed by atoms with van der Waals surface area (Å²) in [6.45, 7) is 3.66. The average Bonchev–Trinajstić information content (AvgIpc) is 3.04. The number of nitrogens with zero attached hydrogens (tertiary/aromatic N) is 3. The Kier molecular flexibility index (Phi) is 6.98. The maximum absolute atomic E-state index is 11.8. The number of rotatable bonds is 9. The lowest BCUT2D eigenvalue weighted by Crippen LogP contribution is -2.39. The molecule has 0 aromatic carbocycles. The molecule has 0 radical (unpaired) electrons. The summed E-state index contributed by atoms with van der Waals surface area (Å²) in [5.74, 6) is 0.290. The normalized spacial score (nSPS) is 12.1. The molecule has 1 unspecified atom stereocenters. The summed E-state index contributed by atoms with van der Waals surface area (Å²) in [7, 11) is 0. The summed E-state index contributed by atoms with van der Waals surface area (Å²) in [5.41, 5.74) is 1.49. The van der Waals surface area contributed by atoms with Crippen LogP contribution in [0.4, 0.5) is 0 Å². The third-order valence-corrected chi connectivity index (χ3v) is 4.32. The van der Waals surface area contributed by atoms with E-state index in [-0.39, 0.29) is 5.91 Å². The molecule has 2 aromatic heterocycles. The number of imidazole rings is 1. The van der Waals surface area contributed by atoms with Crippen LogP contribution in [0.1, 0.15) is 33.1 Å². The lowest BCUT2D eigenvalue weighted by molar-refractivity contribution is -0.146. The molecule has 0 aliphatic carbocycles. The van der Waals surface area contributed by atoms with Gasteiger partial charge in [0.15, 0.2) is 5.65 Å². The van der Waals surface area contributed by atoms with E-state index in [1.165, 1.54) is 6.33 Å². The van der Waals surface area contributed by atoms with E-state index in [1.54, 1.807) is 31.9 Å². The van der Waals surface area contributed by atoms with Crippen LogP contribution >= 0.6 is 11.8 Å². The summed E-state index contributed by atoms with van der Waals surface area (Å²) in [6, 6.07) is -0.610. The molecule has 24 heavy (non-hydrogen) atoms. The molecule has 0 spiro atoms. The van der Waals surface area contributed by atoms with E-state index >= 15 is 0 Å². The molecular weight excluding hydrogens is 330 g/mol. The number of ether oxygens (including phenoxy) is 1. The van der Waals surface area contributed by atoms with Gasteiger partial charge < -0.3 is 15.0 Å². The van der Waals surface area contributed by atoms with Gasteiger partial charge in [0.2, 0.25) is 5.91 Å². The molecule has 2 heterocycles. The van der Waals surface area contributed by atoms with Crippen LogP contribution in [0.25, 0.3) is 11.2 Å². The number of hydrogen-bond acceptors (Lipinski definition) is 7. The topological polar surface area (TPSA) is 110 Å². The maximum Gasteiger partial charge on any atom is 0.328 e. The van der Waals surface area contributed by atoms with Crippen molar-refractivity contribution in [3.8, 4) is 0 Å². The number of H-pyrrole nitrogens is 1. The van der Waals surface area contributed by atoms with Crippen LogP contribution in [0.5, 0.6) is 0 Å². The SMILES string of the molecule is CCOC(=O)C(C)NC(=O)CCCCSc1ncnc2nc[nH]c12. The molecule has 0 saturated heterocycles. The minimum atomic E-state index is -0.610. The van der Waals surface area contributed by atoms with Gasteiger partial charge in [-0.2, -0.15) is 0 Å². The van der Waals surface area contributed by atoms with Crippen molar-refractivity contribution in [2.24, 2.45) is 0 Å². The number of aromatic nitrogens is 4. The Morgan fingerprint density at radius 2 is 2.17 bits per heavy atom. The molecule has 0 fully saturated rings. The Labute approximate surface area is 144 Å². The lowest BCUT2D eigenvalue weighted by Gasteiger charge is -2.12. The van der Waals surface area contributed by atoms with Gasteiger partial charge in [0.1, 0.15) is 22.9 Å². The first-order valence-corrected chi connectivity index (χ1v) is 8.83. The van der Waals surface area contributed by atoms with Gasteiger partial charge in [0, 0.05) is 6.42 Å². The highest BCUT2D eigenvalue weighted by Crippen LogP contribution is 2.22. The highest BCUT2D eigenvalue weighted by Gasteiger charge is 2.16. The molecule has 0 bridgehead atoms. The molecule has 0 aliphatic heterocycles. The Morgan fingerprint density at radius 1 is 1.33 bits per heavy atom. The van der Waals surface area contributed by atoms with Crippen molar-refractivity contribution in [1.29, 1.82) is 0 Å². The molecule has 0 saturated carbocycles. The van der Waals surface area contributed by atoms with Crippen LogP contribution in [0.3, 0.4) is 0 Å². The number of carbonyl (C=O) groups excluding carboxylic acids is 2. The van der Waals surface area contributed by atoms with Crippen molar-refractivity contribution in [2.45, 2.75) is 44.2 Å². The molecule has 0 aliphatic rings. The molecular formula is C15H21N5O3S. The predicted molar refractivity (Wildman–Crippen MR) is 90.5 cm³/mol. The van der Waals surface area contributed by atoms with Gasteiger partial charge in [-0.3, -0.25) is 4.79 Å². The molecule has 1 atom stereocenters. The largest absolute Gasteiger partial charge is 0.464 e. The van der Waals surface area contributed by atoms with Crippen LogP contribution < -0.4 is 5.32 Å². The smallest absolute Gasteiger partial charge is 0.328 e. The predicted octanol–water partition coefficient (Wildman–Crippen LogP) is 1.68. The molecule has 9 heteroatoms. The zero-order chi connectivity index (χ0) is 17.4. The second-order valence-electron chi connectivity index (χ2n) is 5.13. The van der Waals surface area contributed by atoms with Crippen LogP contribution in [0, 0.1) is 0 Å². The quantitative estimate of drug-likeness (QED) is 0.306. The van der Waals surface area contributed by atoms with E-state index in [0.29, 0.717) is 18.7 Å². The van der Waals surface area contributed by atoms with E-state index < -0.39 is 12.0 Å². The molecule has 2 N–H and O–H groups in total. The Balaban J connectivity index is 1.65. The van der Waals surface area contributed by atoms with Gasteiger partial charge in [0.05, 0.1) is 12.9 Å². The Hall–Kier alpha value is -2.16. The van der Waals surface area contributed by atoms with Crippen LogP contribution in [-0.2, 0) is 14.3 Å². The van der Waals surface area contributed by atoms with Crippen LogP contribution in [0.2, 0.25) is 0 Å². The summed E-state index contributed by atoms with van der Waals surface area (Å²) >= 11 is 1.60. The van der Waals surface area contributed by atoms with Gasteiger partial charge >= 0.3 is 5.97 Å². The molecule has 2 rings (SSSR count). The summed E-state index contributed by atoms with van der Waals surface area (Å²) in [6.07, 6.45) is 5.08. The molecule has 8 nitrogen and oxygen atoms in total. The number of carbonyl (C=O) groups is 2. The number of esters is 1. The van der Waals surface area contributed by atoms with E-state index in [9.17, 15) is 9.59 Å². The lowest BCUT2D eigenvalue weighted by atomic mass is 10.2. The monoisotopic (exact) mass is 351 g/mol. The number of unbranched alkanes of at least 4 members (excludes halogenated alkanes) is 1. The summed E-state index contributed by atoms with van der Waals surface area (Å²) in [5, 5.41) is 3.50. The number of amides is 1. The van der Waals surface area contributed by atoms with Gasteiger partial charge in [-0.15, -0.1) is 11.8 Å². The third-order valence-electron chi connectivity index (χ3n) is 3.24. The van der Waals surface area contributed by atoms with Crippen molar-refractivity contribution < 1.29 is 14.3 Å². The highest BCUT2D eigenvalue weighted by atomic mass is 32.2. The van der Waals surface area contributed by atoms with E-state index in [0.717, 1.165) is 29.1 Å². The van der Waals surface area contributed by atoms with Crippen LogP contribution in [0.15, 0.2) is 17.7 Å². The second kappa shape index (κ2) is 9.21. The minimum absolute atomic E-state index is 0.140. The van der Waals surface area contributed by atoms with Gasteiger partial charge in [-0.1, -0.05) is 0 Å². The van der Waals surface area contributed by atoms with Gasteiger partial charge in [-0.25, -0.2) is 19.7 Å². The zero-order valence-corrected chi connectivity index (χ0v) is 14.6. The van der Waals surface area contributed by atoms with Gasteiger partial charge in [0.25, 0.3) is 0 Å². The fraction of sp³-hybridized carbons (Fsp3) is 0.533. The fourth-order valence-corrected chi connectivity index (χ4v) is 3.01. The first kappa shape index (κ1) is 18.2. The maximum atomic E-state index is 11.8. The van der Waals surface area contributed by atoms with Crippen LogP contribution in [-0.4, -0.2) is 50.2 Å². The second-order valence-corrected chi connectivity index (χ2v) is 6.21. The first-order chi connectivity index (χ1) is 11.6. The highest BCUT2D eigenvalue weighted by molar-refractivity contribution is 7.99. The van der Waals surface area contributed by atoms with Crippen molar-refractivity contribution in [1.82, 2.24) is 25.3 Å². The van der Waals surface area contributed by atoms with Crippen molar-refractivity contribution in [2.75, 3.05) is 12.4 Å². The first-order valence-electron chi connectivity index (χ1n) is 7.84. The van der Waals surface area contributed by atoms with E-state index in [2.05, 4.69) is 25.3 Å². The average molecular weight is 351 g/mol. The fourth-order valence-electron chi connectivity index (χ4n) is 2.05. The zero-order valence-electron chi connectivity index (χ0n) is 13.7. The summed E-state index contributed by atoms with van der Waals surface area (Å²) in [4.78, 5) is 38.6. The van der Waals surface area contributed by atoms with Gasteiger partial charge in [-0.05, 0) is 32.4 Å². The number of nitrogens with one attached hydrogen (secondary N) is 2. The molecule has 1 amide bonds. The standard InChI is InChI=1S/C15H21N5O3S/c1-3-23-15(22)10(2)20-11(21)6-4-5-7-24-14-12-13(17-8-16-12)18-9-19-14/h8-10H,3-7H2,1-2H3,(H,20,21)(H,16,17,18,19). The van der Waals surface area contributed by atoms with Crippen molar-refractivity contribution in [3.63, 3.8) is 0 Å². The van der Waals surface area contributed by atoms with E-state index in [1.807, 2.05) is 0 Å². The number of fused-ring (bicyclic) bond motifs is 1. The Bertz CT molecular complexity index is 691. The number of hydrogen-bond donors (Lipinski definition) is 2.